The van der Waals surface area contributed by atoms with Gasteiger partial charge in [0.25, 0.3) is 0 Å². The van der Waals surface area contributed by atoms with Gasteiger partial charge in [0.2, 0.25) is 11.8 Å². The number of carbonyl (C=O) groups excluding carboxylic acids is 2. The third-order valence-corrected chi connectivity index (χ3v) is 3.49. The predicted molar refractivity (Wildman–Crippen MR) is 71.5 cm³/mol. The van der Waals surface area contributed by atoms with Crippen molar-refractivity contribution in [2.45, 2.75) is 39.2 Å². The predicted octanol–water partition coefficient (Wildman–Crippen LogP) is 0.786. The average molecular weight is 268 g/mol. The first-order chi connectivity index (χ1) is 9.08. The molecule has 2 aliphatic rings. The van der Waals surface area contributed by atoms with E-state index in [1.807, 2.05) is 0 Å². The van der Waals surface area contributed by atoms with Gasteiger partial charge in [-0.1, -0.05) is 13.8 Å². The van der Waals surface area contributed by atoms with Crippen molar-refractivity contribution in [1.29, 1.82) is 0 Å². The van der Waals surface area contributed by atoms with E-state index < -0.39 is 0 Å². The highest BCUT2D eigenvalue weighted by molar-refractivity contribution is 5.95. The van der Waals surface area contributed by atoms with Crippen LogP contribution in [-0.4, -0.2) is 49.1 Å². The van der Waals surface area contributed by atoms with Crippen molar-refractivity contribution in [3.05, 3.63) is 0 Å². The number of hydrogen-bond acceptors (Lipinski definition) is 3. The molecule has 2 rings (SSSR count). The van der Waals surface area contributed by atoms with Crippen molar-refractivity contribution in [2.75, 3.05) is 26.3 Å². The molecule has 0 aromatic heterocycles. The highest BCUT2D eigenvalue weighted by Crippen LogP contribution is 2.34. The van der Waals surface area contributed by atoms with Gasteiger partial charge in [-0.2, -0.15) is 0 Å². The molecular formula is C14H24N2O3. The molecule has 0 aromatic carbocycles. The molecule has 5 nitrogen and oxygen atoms in total. The first-order valence-electron chi connectivity index (χ1n) is 7.24. The summed E-state index contributed by atoms with van der Waals surface area (Å²) in [4.78, 5) is 25.5. The van der Waals surface area contributed by atoms with Crippen LogP contribution in [0.3, 0.4) is 0 Å². The number of carbonyl (C=O) groups is 2. The van der Waals surface area contributed by atoms with Crippen LogP contribution in [-0.2, 0) is 14.3 Å². The highest BCUT2D eigenvalue weighted by atomic mass is 16.5. The van der Waals surface area contributed by atoms with Crippen molar-refractivity contribution >= 4 is 11.8 Å². The second kappa shape index (κ2) is 6.37. The Bertz CT molecular complexity index is 340. The summed E-state index contributed by atoms with van der Waals surface area (Å²) in [5, 5.41) is 2.81. The third-order valence-electron chi connectivity index (χ3n) is 3.49. The SMILES string of the molecule is CC(C)COCCCN1CC(=O)NC(C2CC2)C1=O. The second-order valence-corrected chi connectivity index (χ2v) is 5.96. The summed E-state index contributed by atoms with van der Waals surface area (Å²) in [6.45, 7) is 6.44. The Balaban J connectivity index is 1.72. The van der Waals surface area contributed by atoms with Gasteiger partial charge in [-0.15, -0.1) is 0 Å². The fourth-order valence-electron chi connectivity index (χ4n) is 2.34. The summed E-state index contributed by atoms with van der Waals surface area (Å²) in [5.74, 6) is 0.962. The van der Waals surface area contributed by atoms with Gasteiger partial charge in [-0.3, -0.25) is 9.59 Å². The van der Waals surface area contributed by atoms with Crippen LogP contribution >= 0.6 is 0 Å². The van der Waals surface area contributed by atoms with E-state index in [1.54, 1.807) is 4.90 Å². The molecule has 5 heteroatoms. The number of nitrogens with one attached hydrogen (secondary N) is 1. The van der Waals surface area contributed by atoms with Crippen LogP contribution in [0.25, 0.3) is 0 Å². The molecule has 1 unspecified atom stereocenters. The Morgan fingerprint density at radius 3 is 2.74 bits per heavy atom. The molecule has 1 aliphatic carbocycles. The highest BCUT2D eigenvalue weighted by Gasteiger charge is 2.42. The van der Waals surface area contributed by atoms with Crippen LogP contribution in [0.2, 0.25) is 0 Å². The largest absolute Gasteiger partial charge is 0.381 e. The first kappa shape index (κ1) is 14.3. The number of hydrogen-bond donors (Lipinski definition) is 1. The number of piperazine rings is 1. The van der Waals surface area contributed by atoms with E-state index in [2.05, 4.69) is 19.2 Å². The van der Waals surface area contributed by atoms with Crippen LogP contribution in [0.1, 0.15) is 33.1 Å². The fraction of sp³-hybridized carbons (Fsp3) is 0.857. The fourth-order valence-corrected chi connectivity index (χ4v) is 2.34. The van der Waals surface area contributed by atoms with E-state index in [0.29, 0.717) is 25.0 Å². The van der Waals surface area contributed by atoms with Crippen molar-refractivity contribution < 1.29 is 14.3 Å². The van der Waals surface area contributed by atoms with E-state index in [9.17, 15) is 9.59 Å². The monoisotopic (exact) mass is 268 g/mol. The van der Waals surface area contributed by atoms with Crippen LogP contribution < -0.4 is 5.32 Å². The van der Waals surface area contributed by atoms with Gasteiger partial charge in [0.15, 0.2) is 0 Å². The van der Waals surface area contributed by atoms with E-state index >= 15 is 0 Å². The second-order valence-electron chi connectivity index (χ2n) is 5.96. The topological polar surface area (TPSA) is 58.6 Å². The lowest BCUT2D eigenvalue weighted by molar-refractivity contribution is -0.145. The molecule has 0 aromatic rings. The molecule has 0 spiro atoms. The zero-order valence-electron chi connectivity index (χ0n) is 11.9. The standard InChI is InChI=1S/C14H24N2O3/c1-10(2)9-19-7-3-6-16-8-12(17)15-13(14(16)18)11-4-5-11/h10-11,13H,3-9H2,1-2H3,(H,15,17). The summed E-state index contributed by atoms with van der Waals surface area (Å²) < 4.78 is 5.50. The Kier molecular flexibility index (Phi) is 4.80. The summed E-state index contributed by atoms with van der Waals surface area (Å²) in [6.07, 6.45) is 2.91. The summed E-state index contributed by atoms with van der Waals surface area (Å²) in [7, 11) is 0. The maximum Gasteiger partial charge on any atom is 0.245 e. The molecule has 1 saturated heterocycles. The van der Waals surface area contributed by atoms with E-state index in [-0.39, 0.29) is 24.4 Å². The number of amides is 2. The molecule has 19 heavy (non-hydrogen) atoms. The minimum absolute atomic E-state index is 0.0281. The van der Waals surface area contributed by atoms with E-state index in [1.165, 1.54) is 0 Å². The summed E-state index contributed by atoms with van der Waals surface area (Å²) >= 11 is 0. The molecule has 108 valence electrons. The zero-order valence-corrected chi connectivity index (χ0v) is 11.9. The lowest BCUT2D eigenvalue weighted by Gasteiger charge is -2.32. The van der Waals surface area contributed by atoms with Crippen molar-refractivity contribution in [2.24, 2.45) is 11.8 Å². The van der Waals surface area contributed by atoms with Gasteiger partial charge < -0.3 is 15.0 Å². The van der Waals surface area contributed by atoms with Crippen molar-refractivity contribution in [3.8, 4) is 0 Å². The average Bonchev–Trinajstić information content (AvgIpc) is 3.16. The van der Waals surface area contributed by atoms with Gasteiger partial charge in [0.05, 0.1) is 6.54 Å². The first-order valence-corrected chi connectivity index (χ1v) is 7.24. The van der Waals surface area contributed by atoms with Gasteiger partial charge in [-0.05, 0) is 31.1 Å². The third kappa shape index (κ3) is 4.20. The minimum Gasteiger partial charge on any atom is -0.381 e. The van der Waals surface area contributed by atoms with Crippen molar-refractivity contribution in [3.63, 3.8) is 0 Å². The van der Waals surface area contributed by atoms with Gasteiger partial charge in [0.1, 0.15) is 6.04 Å². The number of rotatable bonds is 7. The molecule has 2 fully saturated rings. The molecule has 1 heterocycles. The maximum absolute atomic E-state index is 12.2. The van der Waals surface area contributed by atoms with E-state index in [0.717, 1.165) is 25.9 Å². The normalized spacial score (nSPS) is 23.9. The molecule has 1 N–H and O–H groups in total. The van der Waals surface area contributed by atoms with Gasteiger partial charge in [0, 0.05) is 19.8 Å². The molecule has 0 radical (unpaired) electrons. The van der Waals surface area contributed by atoms with Crippen LogP contribution in [0.5, 0.6) is 0 Å². The quantitative estimate of drug-likeness (QED) is 0.694. The zero-order chi connectivity index (χ0) is 13.8. The number of nitrogens with zero attached hydrogens (tertiary/aromatic N) is 1. The number of ether oxygens (including phenoxy) is 1. The van der Waals surface area contributed by atoms with E-state index in [4.69, 9.17) is 4.74 Å². The van der Waals surface area contributed by atoms with Gasteiger partial charge in [-0.25, -0.2) is 0 Å². The Hall–Kier alpha value is -1.10. The van der Waals surface area contributed by atoms with Crippen LogP contribution in [0.15, 0.2) is 0 Å². The molecule has 0 bridgehead atoms. The molecule has 1 saturated carbocycles. The maximum atomic E-state index is 12.2. The van der Waals surface area contributed by atoms with Crippen LogP contribution in [0, 0.1) is 11.8 Å². The lowest BCUT2D eigenvalue weighted by Crippen LogP contribution is -2.59. The Morgan fingerprint density at radius 2 is 2.11 bits per heavy atom. The Labute approximate surface area is 114 Å². The minimum atomic E-state index is -0.266. The summed E-state index contributed by atoms with van der Waals surface area (Å²) in [5.41, 5.74) is 0. The summed E-state index contributed by atoms with van der Waals surface area (Å²) in [6, 6.07) is -0.266. The smallest absolute Gasteiger partial charge is 0.245 e. The van der Waals surface area contributed by atoms with Crippen LogP contribution in [0.4, 0.5) is 0 Å². The molecular weight excluding hydrogens is 244 g/mol. The lowest BCUT2D eigenvalue weighted by atomic mass is 10.1. The van der Waals surface area contributed by atoms with Gasteiger partial charge >= 0.3 is 0 Å². The van der Waals surface area contributed by atoms with Crippen molar-refractivity contribution in [1.82, 2.24) is 10.2 Å². The Morgan fingerprint density at radius 1 is 1.37 bits per heavy atom. The molecule has 2 amide bonds. The molecule has 1 atom stereocenters. The molecule has 1 aliphatic heterocycles.